The third-order valence-corrected chi connectivity index (χ3v) is 1.39. The van der Waals surface area contributed by atoms with Gasteiger partial charge in [0.25, 0.3) is 0 Å². The van der Waals surface area contributed by atoms with Crippen LogP contribution in [0.3, 0.4) is 0 Å². The largest absolute Gasteiger partial charge is 0.495 e. The van der Waals surface area contributed by atoms with E-state index in [1.54, 1.807) is 0 Å². The topological polar surface area (TPSA) is 9.23 Å². The first-order valence-corrected chi connectivity index (χ1v) is 3.52. The predicted molar refractivity (Wildman–Crippen MR) is 38.1 cm³/mol. The van der Waals surface area contributed by atoms with Gasteiger partial charge in [0.15, 0.2) is 5.83 Å². The first-order valence-electron chi connectivity index (χ1n) is 3.52. The summed E-state index contributed by atoms with van der Waals surface area (Å²) in [6.07, 6.45) is 4.88. The maximum Gasteiger partial charge on any atom is 0.160 e. The lowest BCUT2D eigenvalue weighted by Gasteiger charge is -2.10. The van der Waals surface area contributed by atoms with E-state index in [1.807, 2.05) is 13.0 Å². The first kappa shape index (κ1) is 7.32. The molecule has 1 aliphatic rings. The van der Waals surface area contributed by atoms with Crippen LogP contribution in [0, 0.1) is 0 Å². The van der Waals surface area contributed by atoms with Crippen molar-refractivity contribution in [3.05, 3.63) is 23.7 Å². The summed E-state index contributed by atoms with van der Waals surface area (Å²) in [6.45, 7) is 2.41. The summed E-state index contributed by atoms with van der Waals surface area (Å²) < 4.78 is 17.8. The fraction of sp³-hybridized carbons (Fsp3) is 0.500. The minimum absolute atomic E-state index is 0.215. The quantitative estimate of drug-likeness (QED) is 0.575. The molecule has 0 aromatic carbocycles. The van der Waals surface area contributed by atoms with E-state index in [1.165, 1.54) is 6.08 Å². The Labute approximate surface area is 60.2 Å². The molecule has 0 fully saturated rings. The number of hydrogen-bond donors (Lipinski definition) is 0. The number of allylic oxidation sites excluding steroid dienone is 4. The van der Waals surface area contributed by atoms with Crippen molar-refractivity contribution < 1.29 is 9.13 Å². The predicted octanol–water partition coefficient (Wildman–Crippen LogP) is 2.55. The van der Waals surface area contributed by atoms with Gasteiger partial charge in [0.05, 0.1) is 6.61 Å². The van der Waals surface area contributed by atoms with Crippen molar-refractivity contribution in [3.8, 4) is 0 Å². The van der Waals surface area contributed by atoms with Gasteiger partial charge in [-0.15, -0.1) is 0 Å². The van der Waals surface area contributed by atoms with Crippen LogP contribution in [0.2, 0.25) is 0 Å². The third kappa shape index (κ3) is 1.59. The molecule has 0 aliphatic heterocycles. The lowest BCUT2D eigenvalue weighted by Crippen LogP contribution is -1.96. The van der Waals surface area contributed by atoms with Gasteiger partial charge in [-0.3, -0.25) is 0 Å². The van der Waals surface area contributed by atoms with E-state index in [0.717, 1.165) is 6.42 Å². The normalized spacial score (nSPS) is 17.8. The molecular weight excluding hydrogens is 131 g/mol. The molecule has 0 saturated carbocycles. The van der Waals surface area contributed by atoms with E-state index in [4.69, 9.17) is 4.74 Å². The van der Waals surface area contributed by atoms with Gasteiger partial charge in [-0.05, 0) is 19.4 Å². The molecule has 0 aromatic heterocycles. The van der Waals surface area contributed by atoms with Gasteiger partial charge in [-0.25, -0.2) is 4.39 Å². The second-order valence-electron chi connectivity index (χ2n) is 2.15. The van der Waals surface area contributed by atoms with E-state index >= 15 is 0 Å². The molecule has 0 unspecified atom stereocenters. The van der Waals surface area contributed by atoms with Crippen molar-refractivity contribution in [2.45, 2.75) is 19.8 Å². The van der Waals surface area contributed by atoms with Crippen LogP contribution in [-0.4, -0.2) is 6.61 Å². The van der Waals surface area contributed by atoms with Gasteiger partial charge >= 0.3 is 0 Å². The highest BCUT2D eigenvalue weighted by atomic mass is 19.1. The van der Waals surface area contributed by atoms with Crippen LogP contribution in [0.1, 0.15) is 19.8 Å². The van der Waals surface area contributed by atoms with Crippen molar-refractivity contribution in [2.75, 3.05) is 6.61 Å². The van der Waals surface area contributed by atoms with E-state index in [0.29, 0.717) is 18.8 Å². The average molecular weight is 142 g/mol. The summed E-state index contributed by atoms with van der Waals surface area (Å²) in [7, 11) is 0. The average Bonchev–Trinajstić information content (AvgIpc) is 1.94. The molecule has 1 aliphatic carbocycles. The van der Waals surface area contributed by atoms with Gasteiger partial charge < -0.3 is 4.74 Å². The van der Waals surface area contributed by atoms with Crippen LogP contribution in [0.15, 0.2) is 23.7 Å². The number of ether oxygens (including phenoxy) is 1. The van der Waals surface area contributed by atoms with Crippen LogP contribution >= 0.6 is 0 Å². The molecule has 0 heterocycles. The zero-order chi connectivity index (χ0) is 7.40. The molecule has 0 spiro atoms. The smallest absolute Gasteiger partial charge is 0.160 e. The molecule has 1 nitrogen and oxygen atoms in total. The van der Waals surface area contributed by atoms with Crippen LogP contribution < -0.4 is 0 Å². The molecule has 10 heavy (non-hydrogen) atoms. The van der Waals surface area contributed by atoms with Gasteiger partial charge in [-0.1, -0.05) is 6.08 Å². The highest BCUT2D eigenvalue weighted by Gasteiger charge is 2.07. The summed E-state index contributed by atoms with van der Waals surface area (Å²) in [4.78, 5) is 0. The molecule has 0 aromatic rings. The lowest BCUT2D eigenvalue weighted by molar-refractivity contribution is 0.207. The monoisotopic (exact) mass is 142 g/mol. The van der Waals surface area contributed by atoms with Crippen LogP contribution in [0.4, 0.5) is 4.39 Å². The first-order chi connectivity index (χ1) is 4.84. The Bertz CT molecular complexity index is 170. The molecule has 0 N–H and O–H groups in total. The van der Waals surface area contributed by atoms with Crippen molar-refractivity contribution in [3.63, 3.8) is 0 Å². The van der Waals surface area contributed by atoms with Crippen LogP contribution in [0.25, 0.3) is 0 Å². The summed E-state index contributed by atoms with van der Waals surface area (Å²) in [5.41, 5.74) is 0. The fourth-order valence-electron chi connectivity index (χ4n) is 0.929. The Kier molecular flexibility index (Phi) is 2.49. The molecule has 0 radical (unpaired) electrons. The van der Waals surface area contributed by atoms with Gasteiger partial charge in [-0.2, -0.15) is 0 Å². The maximum absolute atomic E-state index is 12.7. The van der Waals surface area contributed by atoms with Crippen molar-refractivity contribution in [1.82, 2.24) is 0 Å². The Morgan fingerprint density at radius 2 is 2.50 bits per heavy atom. The molecular formula is C8H11FO. The van der Waals surface area contributed by atoms with Gasteiger partial charge in [0.2, 0.25) is 0 Å². The van der Waals surface area contributed by atoms with Gasteiger partial charge in [0, 0.05) is 6.42 Å². The summed E-state index contributed by atoms with van der Waals surface area (Å²) in [5, 5.41) is 0. The second kappa shape index (κ2) is 3.40. The molecule has 2 heteroatoms. The summed E-state index contributed by atoms with van der Waals surface area (Å²) in [5.74, 6) is 0.290. The van der Waals surface area contributed by atoms with Crippen LogP contribution in [0.5, 0.6) is 0 Å². The molecule has 0 atom stereocenters. The molecule has 0 saturated heterocycles. The summed E-state index contributed by atoms with van der Waals surface area (Å²) in [6, 6.07) is 0. The standard InChI is InChI=1S/C8H11FO/c1-2-10-8-6-4-3-5-7(8)9/h3,5H,2,4,6H2,1H3. The SMILES string of the molecule is CCOC1=C(F)C=CCC1. The lowest BCUT2D eigenvalue weighted by atomic mass is 10.1. The highest BCUT2D eigenvalue weighted by molar-refractivity contribution is 5.19. The zero-order valence-electron chi connectivity index (χ0n) is 6.06. The molecule has 56 valence electrons. The Morgan fingerprint density at radius 3 is 3.10 bits per heavy atom. The van der Waals surface area contributed by atoms with E-state index < -0.39 is 0 Å². The minimum atomic E-state index is -0.215. The van der Waals surface area contributed by atoms with Gasteiger partial charge in [0.1, 0.15) is 5.76 Å². The Hall–Kier alpha value is -0.790. The number of halogens is 1. The maximum atomic E-state index is 12.7. The number of rotatable bonds is 2. The Morgan fingerprint density at radius 1 is 1.70 bits per heavy atom. The van der Waals surface area contributed by atoms with Crippen LogP contribution in [-0.2, 0) is 4.74 Å². The second-order valence-corrected chi connectivity index (χ2v) is 2.15. The van der Waals surface area contributed by atoms with Crippen molar-refractivity contribution in [2.24, 2.45) is 0 Å². The highest BCUT2D eigenvalue weighted by Crippen LogP contribution is 2.20. The molecule has 0 bridgehead atoms. The molecule has 1 rings (SSSR count). The van der Waals surface area contributed by atoms with E-state index in [2.05, 4.69) is 0 Å². The van der Waals surface area contributed by atoms with Crippen molar-refractivity contribution in [1.29, 1.82) is 0 Å². The summed E-state index contributed by atoms with van der Waals surface area (Å²) >= 11 is 0. The van der Waals surface area contributed by atoms with E-state index in [-0.39, 0.29) is 5.83 Å². The Balaban J connectivity index is 2.60. The fourth-order valence-corrected chi connectivity index (χ4v) is 0.929. The zero-order valence-corrected chi connectivity index (χ0v) is 6.06. The van der Waals surface area contributed by atoms with E-state index in [9.17, 15) is 4.39 Å². The third-order valence-electron chi connectivity index (χ3n) is 1.39. The molecule has 0 amide bonds. The van der Waals surface area contributed by atoms with Crippen molar-refractivity contribution >= 4 is 0 Å². The minimum Gasteiger partial charge on any atom is -0.495 e. The number of hydrogen-bond acceptors (Lipinski definition) is 1.